The van der Waals surface area contributed by atoms with Gasteiger partial charge in [-0.1, -0.05) is 36.4 Å². The maximum Gasteiger partial charge on any atom is 0.344 e. The number of rotatable bonds is 8. The minimum Gasteiger partial charge on any atom is -0.497 e. The largest absolute Gasteiger partial charge is 0.497 e. The van der Waals surface area contributed by atoms with E-state index in [1.165, 1.54) is 0 Å². The lowest BCUT2D eigenvalue weighted by atomic mass is 10.2. The van der Waals surface area contributed by atoms with Gasteiger partial charge in [0.1, 0.15) is 29.6 Å². The van der Waals surface area contributed by atoms with Crippen molar-refractivity contribution in [3.63, 3.8) is 0 Å². The van der Waals surface area contributed by atoms with E-state index in [4.69, 9.17) is 18.9 Å². The quantitative estimate of drug-likeness (QED) is 0.546. The molecule has 0 aromatic heterocycles. The molecular formula is C22H20O5. The highest BCUT2D eigenvalue weighted by molar-refractivity contribution is 5.71. The van der Waals surface area contributed by atoms with E-state index in [0.29, 0.717) is 11.5 Å². The van der Waals surface area contributed by atoms with Gasteiger partial charge in [0.05, 0.1) is 7.11 Å². The van der Waals surface area contributed by atoms with E-state index < -0.39 is 5.97 Å². The molecule has 3 aromatic carbocycles. The number of hydrogen-bond donors (Lipinski definition) is 0. The fourth-order valence-electron chi connectivity index (χ4n) is 2.35. The second-order valence-electron chi connectivity index (χ2n) is 5.65. The van der Waals surface area contributed by atoms with Crippen molar-refractivity contribution in [2.45, 2.75) is 6.61 Å². The van der Waals surface area contributed by atoms with Crippen LogP contribution in [0.15, 0.2) is 78.9 Å². The van der Waals surface area contributed by atoms with Gasteiger partial charge in [0, 0.05) is 5.56 Å². The molecule has 0 atom stereocenters. The predicted molar refractivity (Wildman–Crippen MR) is 101 cm³/mol. The molecule has 0 fully saturated rings. The number of carbonyl (C=O) groups is 1. The summed E-state index contributed by atoms with van der Waals surface area (Å²) in [7, 11) is 1.59. The van der Waals surface area contributed by atoms with Crippen LogP contribution in [0.2, 0.25) is 0 Å². The Balaban J connectivity index is 1.52. The van der Waals surface area contributed by atoms with Crippen LogP contribution in [-0.2, 0) is 16.1 Å². The fraction of sp³-hybridized carbons (Fsp3) is 0.136. The van der Waals surface area contributed by atoms with E-state index in [2.05, 4.69) is 0 Å². The first kappa shape index (κ1) is 18.3. The van der Waals surface area contributed by atoms with Gasteiger partial charge in [0.25, 0.3) is 0 Å². The van der Waals surface area contributed by atoms with Gasteiger partial charge in [-0.05, 0) is 42.5 Å². The van der Waals surface area contributed by atoms with Crippen LogP contribution in [0.4, 0.5) is 0 Å². The van der Waals surface area contributed by atoms with E-state index >= 15 is 0 Å². The lowest BCUT2D eigenvalue weighted by molar-refractivity contribution is -0.147. The molecule has 3 aromatic rings. The first-order chi connectivity index (χ1) is 13.2. The molecule has 0 saturated heterocycles. The van der Waals surface area contributed by atoms with Crippen molar-refractivity contribution in [2.75, 3.05) is 13.7 Å². The summed E-state index contributed by atoms with van der Waals surface area (Å²) in [6.45, 7) is -0.0676. The number of para-hydroxylation sites is 2. The second kappa shape index (κ2) is 9.29. The molecule has 0 aliphatic rings. The molecule has 0 radical (unpaired) electrons. The molecule has 3 rings (SSSR count). The van der Waals surface area contributed by atoms with Gasteiger partial charge in [-0.15, -0.1) is 0 Å². The van der Waals surface area contributed by atoms with Gasteiger partial charge in [-0.25, -0.2) is 4.79 Å². The lowest BCUT2D eigenvalue weighted by Crippen LogP contribution is -2.15. The Labute approximate surface area is 158 Å². The van der Waals surface area contributed by atoms with Gasteiger partial charge < -0.3 is 18.9 Å². The fourth-order valence-corrected chi connectivity index (χ4v) is 2.35. The first-order valence-corrected chi connectivity index (χ1v) is 8.48. The molecule has 0 aliphatic heterocycles. The zero-order valence-electron chi connectivity index (χ0n) is 15.0. The molecule has 0 spiro atoms. The Morgan fingerprint density at radius 2 is 1.44 bits per heavy atom. The average molecular weight is 364 g/mol. The van der Waals surface area contributed by atoms with Crippen LogP contribution in [0.5, 0.6) is 23.0 Å². The van der Waals surface area contributed by atoms with E-state index in [1.807, 2.05) is 54.6 Å². The summed E-state index contributed by atoms with van der Waals surface area (Å²) in [6.07, 6.45) is 0. The Bertz CT molecular complexity index is 859. The molecule has 0 N–H and O–H groups in total. The van der Waals surface area contributed by atoms with Crippen molar-refractivity contribution in [3.05, 3.63) is 84.4 Å². The highest BCUT2D eigenvalue weighted by atomic mass is 16.6. The van der Waals surface area contributed by atoms with Crippen molar-refractivity contribution in [3.8, 4) is 23.0 Å². The zero-order valence-corrected chi connectivity index (χ0v) is 15.0. The standard InChI is InChI=1S/C22H20O5/c1-24-18-11-13-19(14-12-18)25-16-22(23)26-15-17-7-5-6-10-21(17)27-20-8-3-2-4-9-20/h2-14H,15-16H2,1H3. The SMILES string of the molecule is COc1ccc(OCC(=O)OCc2ccccc2Oc2ccccc2)cc1. The van der Waals surface area contributed by atoms with Gasteiger partial charge in [0.15, 0.2) is 6.61 Å². The maximum absolute atomic E-state index is 12.0. The van der Waals surface area contributed by atoms with E-state index in [0.717, 1.165) is 17.1 Å². The van der Waals surface area contributed by atoms with Gasteiger partial charge in [-0.3, -0.25) is 0 Å². The molecule has 0 unspecified atom stereocenters. The third kappa shape index (κ3) is 5.51. The molecule has 138 valence electrons. The summed E-state index contributed by atoms with van der Waals surface area (Å²) >= 11 is 0. The summed E-state index contributed by atoms with van der Waals surface area (Å²) in [6, 6.07) is 23.9. The molecule has 27 heavy (non-hydrogen) atoms. The van der Waals surface area contributed by atoms with Crippen molar-refractivity contribution in [2.24, 2.45) is 0 Å². The third-order valence-electron chi connectivity index (χ3n) is 3.75. The van der Waals surface area contributed by atoms with E-state index in [9.17, 15) is 4.79 Å². The van der Waals surface area contributed by atoms with Crippen LogP contribution in [0, 0.1) is 0 Å². The van der Waals surface area contributed by atoms with Gasteiger partial charge in [0.2, 0.25) is 0 Å². The number of methoxy groups -OCH3 is 1. The Hall–Kier alpha value is -3.47. The van der Waals surface area contributed by atoms with Crippen LogP contribution in [0.1, 0.15) is 5.56 Å². The Kier molecular flexibility index (Phi) is 6.30. The molecular weight excluding hydrogens is 344 g/mol. The molecule has 0 heterocycles. The van der Waals surface area contributed by atoms with Crippen LogP contribution in [0.25, 0.3) is 0 Å². The van der Waals surface area contributed by atoms with Crippen molar-refractivity contribution in [1.29, 1.82) is 0 Å². The summed E-state index contributed by atoms with van der Waals surface area (Å²) in [5.74, 6) is 2.20. The molecule has 0 saturated carbocycles. The van der Waals surface area contributed by atoms with E-state index in [-0.39, 0.29) is 13.2 Å². The summed E-state index contributed by atoms with van der Waals surface area (Å²) in [4.78, 5) is 12.0. The number of carbonyl (C=O) groups excluding carboxylic acids is 1. The molecule has 0 aliphatic carbocycles. The Morgan fingerprint density at radius 3 is 2.19 bits per heavy atom. The monoisotopic (exact) mass is 364 g/mol. The predicted octanol–water partition coefficient (Wildman–Crippen LogP) is 4.61. The van der Waals surface area contributed by atoms with Gasteiger partial charge in [-0.2, -0.15) is 0 Å². The average Bonchev–Trinajstić information content (AvgIpc) is 2.73. The van der Waals surface area contributed by atoms with Gasteiger partial charge >= 0.3 is 5.97 Å². The summed E-state index contributed by atoms with van der Waals surface area (Å²) in [5, 5.41) is 0. The second-order valence-corrected chi connectivity index (χ2v) is 5.65. The number of esters is 1. The molecule has 0 amide bonds. The number of hydrogen-bond acceptors (Lipinski definition) is 5. The highest BCUT2D eigenvalue weighted by Gasteiger charge is 2.09. The van der Waals surface area contributed by atoms with Crippen LogP contribution < -0.4 is 14.2 Å². The number of benzene rings is 3. The highest BCUT2D eigenvalue weighted by Crippen LogP contribution is 2.25. The Morgan fingerprint density at radius 1 is 0.778 bits per heavy atom. The minimum absolute atomic E-state index is 0.105. The van der Waals surface area contributed by atoms with Crippen molar-refractivity contribution in [1.82, 2.24) is 0 Å². The lowest BCUT2D eigenvalue weighted by Gasteiger charge is -2.12. The summed E-state index contributed by atoms with van der Waals surface area (Å²) < 4.78 is 21.7. The van der Waals surface area contributed by atoms with Crippen LogP contribution in [0.3, 0.4) is 0 Å². The first-order valence-electron chi connectivity index (χ1n) is 8.48. The van der Waals surface area contributed by atoms with Crippen LogP contribution in [-0.4, -0.2) is 19.7 Å². The minimum atomic E-state index is -0.458. The number of ether oxygens (including phenoxy) is 4. The van der Waals surface area contributed by atoms with E-state index in [1.54, 1.807) is 31.4 Å². The normalized spacial score (nSPS) is 10.1. The van der Waals surface area contributed by atoms with Crippen LogP contribution >= 0.6 is 0 Å². The smallest absolute Gasteiger partial charge is 0.344 e. The zero-order chi connectivity index (χ0) is 18.9. The molecule has 5 nitrogen and oxygen atoms in total. The summed E-state index contributed by atoms with van der Waals surface area (Å²) in [5.41, 5.74) is 0.777. The maximum atomic E-state index is 12.0. The molecule has 5 heteroatoms. The topological polar surface area (TPSA) is 54.0 Å². The van der Waals surface area contributed by atoms with Crippen molar-refractivity contribution >= 4 is 5.97 Å². The van der Waals surface area contributed by atoms with Crippen molar-refractivity contribution < 1.29 is 23.7 Å². The third-order valence-corrected chi connectivity index (χ3v) is 3.75. The molecule has 0 bridgehead atoms.